The minimum atomic E-state index is -0.139. The standard InChI is InChI=1S/C12H17N5O/c1-9(12(13)15-18)16(2)7-10-8-17-6-4-3-5-11(17)14-10/h3-6,8-9,18H,7H2,1-2H3,(H2,13,15). The number of hydrogen-bond acceptors (Lipinski definition) is 4. The van der Waals surface area contributed by atoms with Gasteiger partial charge >= 0.3 is 0 Å². The van der Waals surface area contributed by atoms with Crippen LogP contribution in [0.4, 0.5) is 0 Å². The molecule has 0 aliphatic rings. The summed E-state index contributed by atoms with van der Waals surface area (Å²) >= 11 is 0. The van der Waals surface area contributed by atoms with Gasteiger partial charge in [-0.15, -0.1) is 0 Å². The largest absolute Gasteiger partial charge is 0.409 e. The molecule has 2 heterocycles. The van der Waals surface area contributed by atoms with Crippen LogP contribution in [0.3, 0.4) is 0 Å². The molecule has 0 aliphatic heterocycles. The molecule has 1 unspecified atom stereocenters. The van der Waals surface area contributed by atoms with Crippen LogP contribution in [0.25, 0.3) is 5.65 Å². The zero-order valence-corrected chi connectivity index (χ0v) is 10.5. The summed E-state index contributed by atoms with van der Waals surface area (Å²) < 4.78 is 1.97. The van der Waals surface area contributed by atoms with E-state index in [4.69, 9.17) is 10.9 Å². The molecule has 2 rings (SSSR count). The Morgan fingerprint density at radius 2 is 2.39 bits per heavy atom. The first-order valence-corrected chi connectivity index (χ1v) is 5.72. The molecule has 0 saturated carbocycles. The maximum Gasteiger partial charge on any atom is 0.156 e. The fourth-order valence-corrected chi connectivity index (χ4v) is 1.77. The Hall–Kier alpha value is -2.08. The Morgan fingerprint density at radius 1 is 1.61 bits per heavy atom. The molecule has 3 N–H and O–H groups in total. The van der Waals surface area contributed by atoms with Gasteiger partial charge in [-0.05, 0) is 26.1 Å². The SMILES string of the molecule is CC(C(N)=NO)N(C)Cc1cn2ccccc2n1. The average molecular weight is 247 g/mol. The van der Waals surface area contributed by atoms with Crippen LogP contribution >= 0.6 is 0 Å². The van der Waals surface area contributed by atoms with Crippen LogP contribution in [0, 0.1) is 0 Å². The zero-order chi connectivity index (χ0) is 13.1. The number of nitrogens with two attached hydrogens (primary N) is 1. The third kappa shape index (κ3) is 2.43. The number of nitrogens with zero attached hydrogens (tertiary/aromatic N) is 4. The van der Waals surface area contributed by atoms with E-state index in [-0.39, 0.29) is 11.9 Å². The Labute approximate surface area is 105 Å². The van der Waals surface area contributed by atoms with Crippen molar-refractivity contribution in [1.29, 1.82) is 0 Å². The molecular weight excluding hydrogens is 230 g/mol. The highest BCUT2D eigenvalue weighted by atomic mass is 16.4. The quantitative estimate of drug-likeness (QED) is 0.364. The van der Waals surface area contributed by atoms with Crippen molar-refractivity contribution in [3.05, 3.63) is 36.3 Å². The van der Waals surface area contributed by atoms with E-state index in [1.165, 1.54) is 0 Å². The number of fused-ring (bicyclic) bond motifs is 1. The fourth-order valence-electron chi connectivity index (χ4n) is 1.77. The number of oxime groups is 1. The van der Waals surface area contributed by atoms with Crippen molar-refractivity contribution in [3.63, 3.8) is 0 Å². The summed E-state index contributed by atoms with van der Waals surface area (Å²) in [5, 5.41) is 11.7. The minimum absolute atomic E-state index is 0.139. The van der Waals surface area contributed by atoms with Crippen molar-refractivity contribution < 1.29 is 5.21 Å². The highest BCUT2D eigenvalue weighted by Gasteiger charge is 2.15. The smallest absolute Gasteiger partial charge is 0.156 e. The molecule has 96 valence electrons. The number of likely N-dealkylation sites (N-methyl/N-ethyl adjacent to an activating group) is 1. The fraction of sp³-hybridized carbons (Fsp3) is 0.333. The van der Waals surface area contributed by atoms with Crippen LogP contribution in [0.2, 0.25) is 0 Å². The van der Waals surface area contributed by atoms with Crippen LogP contribution in [-0.2, 0) is 6.54 Å². The van der Waals surface area contributed by atoms with Crippen LogP contribution in [-0.4, -0.2) is 38.4 Å². The Kier molecular flexibility index (Phi) is 3.47. The second-order valence-electron chi connectivity index (χ2n) is 4.31. The molecular formula is C12H17N5O. The summed E-state index contributed by atoms with van der Waals surface area (Å²) in [6.45, 7) is 2.52. The van der Waals surface area contributed by atoms with Crippen molar-refractivity contribution in [2.45, 2.75) is 19.5 Å². The summed E-state index contributed by atoms with van der Waals surface area (Å²) in [6, 6.07) is 5.73. The van der Waals surface area contributed by atoms with Gasteiger partial charge in [0.1, 0.15) is 5.65 Å². The molecule has 2 aromatic rings. The lowest BCUT2D eigenvalue weighted by molar-refractivity contribution is 0.277. The zero-order valence-electron chi connectivity index (χ0n) is 10.5. The van der Waals surface area contributed by atoms with E-state index in [1.54, 1.807) is 0 Å². The predicted molar refractivity (Wildman–Crippen MR) is 69.5 cm³/mol. The van der Waals surface area contributed by atoms with Gasteiger partial charge in [0.25, 0.3) is 0 Å². The number of aromatic nitrogens is 2. The number of rotatable bonds is 4. The van der Waals surface area contributed by atoms with E-state index < -0.39 is 0 Å². The summed E-state index contributed by atoms with van der Waals surface area (Å²) in [4.78, 5) is 6.47. The first kappa shape index (κ1) is 12.4. The van der Waals surface area contributed by atoms with E-state index in [2.05, 4.69) is 10.1 Å². The van der Waals surface area contributed by atoms with Gasteiger partial charge in [-0.3, -0.25) is 4.90 Å². The maximum absolute atomic E-state index is 8.65. The van der Waals surface area contributed by atoms with Gasteiger partial charge in [0, 0.05) is 18.9 Å². The Bertz CT molecular complexity index is 529. The molecule has 2 aromatic heterocycles. The first-order valence-electron chi connectivity index (χ1n) is 5.72. The third-order valence-corrected chi connectivity index (χ3v) is 3.03. The molecule has 6 nitrogen and oxygen atoms in total. The molecule has 0 bridgehead atoms. The number of pyridine rings is 1. The molecule has 0 radical (unpaired) electrons. The third-order valence-electron chi connectivity index (χ3n) is 3.03. The second-order valence-corrected chi connectivity index (χ2v) is 4.31. The van der Waals surface area contributed by atoms with Gasteiger partial charge in [0.2, 0.25) is 0 Å². The average Bonchev–Trinajstić information content (AvgIpc) is 2.78. The second kappa shape index (κ2) is 5.05. The van der Waals surface area contributed by atoms with Crippen LogP contribution in [0.15, 0.2) is 35.7 Å². The minimum Gasteiger partial charge on any atom is -0.409 e. The Morgan fingerprint density at radius 3 is 3.06 bits per heavy atom. The van der Waals surface area contributed by atoms with Gasteiger partial charge in [-0.2, -0.15) is 0 Å². The van der Waals surface area contributed by atoms with Gasteiger partial charge in [0.15, 0.2) is 5.84 Å². The van der Waals surface area contributed by atoms with E-state index in [0.29, 0.717) is 6.54 Å². The number of hydrogen-bond donors (Lipinski definition) is 2. The molecule has 6 heteroatoms. The summed E-state index contributed by atoms with van der Waals surface area (Å²) in [5.74, 6) is 0.196. The van der Waals surface area contributed by atoms with Crippen LogP contribution in [0.1, 0.15) is 12.6 Å². The molecule has 18 heavy (non-hydrogen) atoms. The summed E-state index contributed by atoms with van der Waals surface area (Å²) in [5.41, 5.74) is 7.44. The van der Waals surface area contributed by atoms with E-state index in [9.17, 15) is 0 Å². The summed E-state index contributed by atoms with van der Waals surface area (Å²) in [6.07, 6.45) is 3.93. The molecule has 0 saturated heterocycles. The van der Waals surface area contributed by atoms with Crippen molar-refractivity contribution in [3.8, 4) is 0 Å². The molecule has 0 fully saturated rings. The highest BCUT2D eigenvalue weighted by molar-refractivity contribution is 5.84. The lowest BCUT2D eigenvalue weighted by Gasteiger charge is -2.22. The monoisotopic (exact) mass is 247 g/mol. The molecule has 0 amide bonds. The topological polar surface area (TPSA) is 79.2 Å². The van der Waals surface area contributed by atoms with Crippen molar-refractivity contribution in [2.24, 2.45) is 10.9 Å². The van der Waals surface area contributed by atoms with Crippen molar-refractivity contribution >= 4 is 11.5 Å². The molecule has 0 spiro atoms. The van der Waals surface area contributed by atoms with Gasteiger partial charge in [-0.25, -0.2) is 4.98 Å². The van der Waals surface area contributed by atoms with Crippen LogP contribution in [0.5, 0.6) is 0 Å². The van der Waals surface area contributed by atoms with E-state index >= 15 is 0 Å². The number of imidazole rings is 1. The van der Waals surface area contributed by atoms with Gasteiger partial charge in [-0.1, -0.05) is 11.2 Å². The Balaban J connectivity index is 2.13. The van der Waals surface area contributed by atoms with E-state index in [0.717, 1.165) is 11.3 Å². The van der Waals surface area contributed by atoms with E-state index in [1.807, 2.05) is 53.9 Å². The number of amidine groups is 1. The normalized spacial score (nSPS) is 14.3. The van der Waals surface area contributed by atoms with Gasteiger partial charge in [0.05, 0.1) is 11.7 Å². The van der Waals surface area contributed by atoms with Crippen LogP contribution < -0.4 is 5.73 Å². The lowest BCUT2D eigenvalue weighted by atomic mass is 10.2. The predicted octanol–water partition coefficient (Wildman–Crippen LogP) is 0.901. The van der Waals surface area contributed by atoms with Crippen molar-refractivity contribution in [2.75, 3.05) is 7.05 Å². The molecule has 0 aromatic carbocycles. The van der Waals surface area contributed by atoms with Gasteiger partial charge < -0.3 is 15.3 Å². The first-order chi connectivity index (χ1) is 8.61. The van der Waals surface area contributed by atoms with Crippen molar-refractivity contribution in [1.82, 2.24) is 14.3 Å². The lowest BCUT2D eigenvalue weighted by Crippen LogP contribution is -2.40. The summed E-state index contributed by atoms with van der Waals surface area (Å²) in [7, 11) is 1.91. The maximum atomic E-state index is 8.65. The highest BCUT2D eigenvalue weighted by Crippen LogP contribution is 2.08. The molecule has 0 aliphatic carbocycles. The molecule has 1 atom stereocenters.